The van der Waals surface area contributed by atoms with Crippen molar-refractivity contribution in [3.05, 3.63) is 50.1 Å². The molecule has 0 aliphatic heterocycles. The molecule has 0 N–H and O–H groups in total. The number of ketones is 1. The van der Waals surface area contributed by atoms with Crippen LogP contribution in [0.1, 0.15) is 41.3 Å². The van der Waals surface area contributed by atoms with Crippen molar-refractivity contribution >= 4 is 39.1 Å². The molecule has 0 bridgehead atoms. The van der Waals surface area contributed by atoms with Crippen LogP contribution in [0.3, 0.4) is 0 Å². The molecule has 142 valence electrons. The lowest BCUT2D eigenvalue weighted by Crippen LogP contribution is -2.22. The van der Waals surface area contributed by atoms with Gasteiger partial charge in [-0.25, -0.2) is 4.98 Å². The molecule has 0 radical (unpaired) electrons. The molecule has 0 saturated carbocycles. The van der Waals surface area contributed by atoms with Gasteiger partial charge < -0.3 is 4.79 Å². The fraction of sp³-hybridized carbons (Fsp3) is 0.381. The van der Waals surface area contributed by atoms with E-state index in [-0.39, 0.29) is 11.3 Å². The Kier molecular flexibility index (Phi) is 5.86. The molecule has 0 unspecified atom stereocenters. The molecular weight excluding hydrogens is 376 g/mol. The Morgan fingerprint density at radius 3 is 2.63 bits per heavy atom. The van der Waals surface area contributed by atoms with E-state index in [9.17, 15) is 9.59 Å². The van der Waals surface area contributed by atoms with Crippen LogP contribution in [0, 0.1) is 27.7 Å². The van der Waals surface area contributed by atoms with Crippen LogP contribution in [0.5, 0.6) is 0 Å². The monoisotopic (exact) mass is 400 g/mol. The third-order valence-corrected chi connectivity index (χ3v) is 7.02. The number of thioether (sulfide) groups is 1. The number of aryl methyl sites for hydroxylation is 3. The first kappa shape index (κ1) is 19.8. The Morgan fingerprint density at radius 2 is 1.93 bits per heavy atom. The predicted octanol–water partition coefficient (Wildman–Crippen LogP) is 5.14. The summed E-state index contributed by atoms with van der Waals surface area (Å²) < 4.78 is 1.75. The Morgan fingerprint density at radius 1 is 1.19 bits per heavy atom. The van der Waals surface area contributed by atoms with Crippen LogP contribution in [0.2, 0.25) is 0 Å². The molecule has 27 heavy (non-hydrogen) atoms. The Bertz CT molecular complexity index is 1080. The lowest BCUT2D eigenvalue weighted by molar-refractivity contribution is -0.117. The number of aromatic nitrogens is 2. The zero-order chi connectivity index (χ0) is 19.7. The molecule has 0 aliphatic carbocycles. The van der Waals surface area contributed by atoms with Crippen molar-refractivity contribution < 1.29 is 4.79 Å². The van der Waals surface area contributed by atoms with E-state index in [1.165, 1.54) is 0 Å². The number of carbonyl (C=O) groups is 1. The van der Waals surface area contributed by atoms with Crippen molar-refractivity contribution in [2.75, 3.05) is 5.75 Å². The van der Waals surface area contributed by atoms with Gasteiger partial charge in [-0.05, 0) is 63.8 Å². The topological polar surface area (TPSA) is 52.0 Å². The van der Waals surface area contributed by atoms with Gasteiger partial charge in [-0.1, -0.05) is 23.9 Å². The van der Waals surface area contributed by atoms with Gasteiger partial charge in [-0.3, -0.25) is 9.36 Å². The first-order valence-corrected chi connectivity index (χ1v) is 10.8. The minimum absolute atomic E-state index is 0.00961. The smallest absolute Gasteiger partial charge is 0.267 e. The third kappa shape index (κ3) is 3.87. The van der Waals surface area contributed by atoms with Crippen molar-refractivity contribution in [3.8, 4) is 5.69 Å². The van der Waals surface area contributed by atoms with Crippen LogP contribution in [-0.2, 0) is 4.79 Å². The normalized spacial score (nSPS) is 11.3. The SMILES string of the molecule is CC(=O)CCCSc1nc2sc(C)c(C)c2c(=O)n1-c1cccc(C)c1C. The summed E-state index contributed by atoms with van der Waals surface area (Å²) in [5.74, 6) is 0.946. The second-order valence-electron chi connectivity index (χ2n) is 6.87. The molecule has 3 rings (SSSR count). The number of nitrogens with zero attached hydrogens (tertiary/aromatic N) is 2. The van der Waals surface area contributed by atoms with Crippen LogP contribution in [0.25, 0.3) is 15.9 Å². The summed E-state index contributed by atoms with van der Waals surface area (Å²) in [6.07, 6.45) is 1.34. The molecule has 0 atom stereocenters. The van der Waals surface area contributed by atoms with Crippen LogP contribution in [-0.4, -0.2) is 21.1 Å². The number of rotatable bonds is 6. The lowest BCUT2D eigenvalue weighted by atomic mass is 10.1. The second kappa shape index (κ2) is 7.98. The highest BCUT2D eigenvalue weighted by molar-refractivity contribution is 7.99. The Labute approximate surface area is 167 Å². The minimum Gasteiger partial charge on any atom is -0.300 e. The summed E-state index contributed by atoms with van der Waals surface area (Å²) in [6, 6.07) is 6.01. The van der Waals surface area contributed by atoms with E-state index >= 15 is 0 Å². The van der Waals surface area contributed by atoms with Gasteiger partial charge in [0, 0.05) is 17.1 Å². The standard InChI is InChI=1S/C21H24N2O2S2/c1-12-8-6-10-17(14(12)3)23-20(25)18-15(4)16(5)27-19(18)22-21(23)26-11-7-9-13(2)24/h6,8,10H,7,9,11H2,1-5H3. The number of thiophene rings is 1. The molecule has 2 aromatic heterocycles. The molecule has 0 amide bonds. The Hall–Kier alpha value is -1.92. The van der Waals surface area contributed by atoms with Crippen molar-refractivity contribution in [2.24, 2.45) is 0 Å². The van der Waals surface area contributed by atoms with Crippen molar-refractivity contribution in [2.45, 2.75) is 52.6 Å². The number of hydrogen-bond acceptors (Lipinski definition) is 5. The fourth-order valence-corrected chi connectivity index (χ4v) is 5.06. The van der Waals surface area contributed by atoms with E-state index in [2.05, 4.69) is 13.0 Å². The largest absolute Gasteiger partial charge is 0.300 e. The molecule has 6 heteroatoms. The maximum Gasteiger partial charge on any atom is 0.267 e. The highest BCUT2D eigenvalue weighted by Gasteiger charge is 2.19. The van der Waals surface area contributed by atoms with E-state index < -0.39 is 0 Å². The van der Waals surface area contributed by atoms with E-state index in [0.717, 1.165) is 44.3 Å². The number of fused-ring (bicyclic) bond motifs is 1. The van der Waals surface area contributed by atoms with Gasteiger partial charge in [0.25, 0.3) is 5.56 Å². The number of Topliss-reactive ketones (excluding diaryl/α,β-unsaturated/α-hetero) is 1. The molecule has 2 heterocycles. The van der Waals surface area contributed by atoms with Gasteiger partial charge in [0.15, 0.2) is 5.16 Å². The van der Waals surface area contributed by atoms with E-state index in [0.29, 0.717) is 17.0 Å². The zero-order valence-electron chi connectivity index (χ0n) is 16.4. The van der Waals surface area contributed by atoms with Crippen LogP contribution < -0.4 is 5.56 Å². The van der Waals surface area contributed by atoms with E-state index in [1.807, 2.05) is 32.9 Å². The second-order valence-corrected chi connectivity index (χ2v) is 9.14. The molecule has 1 aromatic carbocycles. The van der Waals surface area contributed by atoms with Gasteiger partial charge in [0.05, 0.1) is 11.1 Å². The van der Waals surface area contributed by atoms with E-state index in [4.69, 9.17) is 4.98 Å². The first-order valence-electron chi connectivity index (χ1n) is 9.02. The Balaban J connectivity index is 2.18. The summed E-state index contributed by atoms with van der Waals surface area (Å²) in [7, 11) is 0. The third-order valence-electron chi connectivity index (χ3n) is 4.89. The summed E-state index contributed by atoms with van der Waals surface area (Å²) in [4.78, 5) is 31.4. The highest BCUT2D eigenvalue weighted by atomic mass is 32.2. The van der Waals surface area contributed by atoms with Gasteiger partial charge in [0.2, 0.25) is 0 Å². The summed E-state index contributed by atoms with van der Waals surface area (Å²) in [5, 5.41) is 1.41. The number of carbonyl (C=O) groups excluding carboxylic acids is 1. The molecule has 4 nitrogen and oxygen atoms in total. The van der Waals surface area contributed by atoms with Gasteiger partial charge >= 0.3 is 0 Å². The maximum absolute atomic E-state index is 13.5. The van der Waals surface area contributed by atoms with Crippen molar-refractivity contribution in [3.63, 3.8) is 0 Å². The number of benzene rings is 1. The van der Waals surface area contributed by atoms with E-state index in [1.54, 1.807) is 34.6 Å². The lowest BCUT2D eigenvalue weighted by Gasteiger charge is -2.15. The molecule has 0 fully saturated rings. The fourth-order valence-electron chi connectivity index (χ4n) is 3.05. The molecule has 0 spiro atoms. The van der Waals surface area contributed by atoms with Crippen molar-refractivity contribution in [1.29, 1.82) is 0 Å². The molecule has 3 aromatic rings. The van der Waals surface area contributed by atoms with Crippen LogP contribution in [0.15, 0.2) is 28.2 Å². The van der Waals surface area contributed by atoms with Gasteiger partial charge in [-0.2, -0.15) is 0 Å². The average Bonchev–Trinajstić information content (AvgIpc) is 2.89. The maximum atomic E-state index is 13.5. The number of hydrogen-bond donors (Lipinski definition) is 0. The first-order chi connectivity index (χ1) is 12.8. The predicted molar refractivity (Wildman–Crippen MR) is 115 cm³/mol. The van der Waals surface area contributed by atoms with Crippen molar-refractivity contribution in [1.82, 2.24) is 9.55 Å². The van der Waals surface area contributed by atoms with Crippen LogP contribution >= 0.6 is 23.1 Å². The molecule has 0 saturated heterocycles. The summed E-state index contributed by atoms with van der Waals surface area (Å²) in [6.45, 7) is 9.72. The van der Waals surface area contributed by atoms with Crippen LogP contribution in [0.4, 0.5) is 0 Å². The summed E-state index contributed by atoms with van der Waals surface area (Å²) >= 11 is 3.12. The van der Waals surface area contributed by atoms with Gasteiger partial charge in [0.1, 0.15) is 10.6 Å². The quantitative estimate of drug-likeness (QED) is 0.326. The molecule has 0 aliphatic rings. The summed E-state index contributed by atoms with van der Waals surface area (Å²) in [5.41, 5.74) is 4.11. The minimum atomic E-state index is -0.00961. The molecular formula is C21H24N2O2S2. The van der Waals surface area contributed by atoms with Gasteiger partial charge in [-0.15, -0.1) is 11.3 Å². The zero-order valence-corrected chi connectivity index (χ0v) is 18.0. The highest BCUT2D eigenvalue weighted by Crippen LogP contribution is 2.30. The average molecular weight is 401 g/mol.